The van der Waals surface area contributed by atoms with Gasteiger partial charge in [-0.05, 0) is 13.8 Å². The van der Waals surface area contributed by atoms with Gasteiger partial charge >= 0.3 is 0 Å². The van der Waals surface area contributed by atoms with Crippen molar-refractivity contribution in [3.8, 4) is 0 Å². The number of carbonyl (C=O) groups excluding carboxylic acids is 1. The van der Waals surface area contributed by atoms with Crippen LogP contribution in [0.4, 0.5) is 0 Å². The summed E-state index contributed by atoms with van der Waals surface area (Å²) in [6, 6.07) is 1.89. The predicted molar refractivity (Wildman–Crippen MR) is 61.9 cm³/mol. The molecule has 0 aromatic carbocycles. The van der Waals surface area contributed by atoms with Crippen molar-refractivity contribution in [3.05, 3.63) is 17.5 Å². The first-order chi connectivity index (χ1) is 7.18. The number of nitrogens with zero attached hydrogens (tertiary/aromatic N) is 2. The third-order valence-electron chi connectivity index (χ3n) is 2.61. The zero-order chi connectivity index (χ0) is 10.8. The Morgan fingerprint density at radius 3 is 3.00 bits per heavy atom. The molecule has 0 unspecified atom stereocenters. The highest BCUT2D eigenvalue weighted by Crippen LogP contribution is 2.10. The quantitative estimate of drug-likeness (QED) is 0.797. The van der Waals surface area contributed by atoms with Crippen LogP contribution >= 0.6 is 12.4 Å². The van der Waals surface area contributed by atoms with Gasteiger partial charge in [-0.1, -0.05) is 5.16 Å². The summed E-state index contributed by atoms with van der Waals surface area (Å²) in [4.78, 5) is 13.8. The molecular formula is C10H16ClN3O2. The first-order valence-corrected chi connectivity index (χ1v) is 5.13. The third-order valence-corrected chi connectivity index (χ3v) is 2.61. The van der Waals surface area contributed by atoms with Crippen LogP contribution in [-0.2, 0) is 0 Å². The Morgan fingerprint density at radius 2 is 2.44 bits per heavy atom. The highest BCUT2D eigenvalue weighted by atomic mass is 35.5. The fourth-order valence-electron chi connectivity index (χ4n) is 1.76. The first kappa shape index (κ1) is 13.0. The van der Waals surface area contributed by atoms with E-state index in [4.69, 9.17) is 4.52 Å². The van der Waals surface area contributed by atoms with E-state index >= 15 is 0 Å². The largest absolute Gasteiger partial charge is 0.361 e. The zero-order valence-electron chi connectivity index (χ0n) is 9.40. The van der Waals surface area contributed by atoms with Gasteiger partial charge in [0.2, 0.25) is 0 Å². The molecule has 1 fully saturated rings. The van der Waals surface area contributed by atoms with E-state index < -0.39 is 0 Å². The third kappa shape index (κ3) is 2.54. The second kappa shape index (κ2) is 5.32. The molecule has 2 heterocycles. The minimum absolute atomic E-state index is 0. The second-order valence-electron chi connectivity index (χ2n) is 3.87. The number of hydrogen-bond acceptors (Lipinski definition) is 4. The van der Waals surface area contributed by atoms with Gasteiger partial charge in [-0.2, -0.15) is 0 Å². The maximum Gasteiger partial charge on any atom is 0.276 e. The molecule has 1 aromatic heterocycles. The molecule has 0 aliphatic carbocycles. The molecule has 0 radical (unpaired) electrons. The first-order valence-electron chi connectivity index (χ1n) is 5.13. The molecule has 1 atom stereocenters. The van der Waals surface area contributed by atoms with Crippen LogP contribution < -0.4 is 5.32 Å². The Labute approximate surface area is 101 Å². The van der Waals surface area contributed by atoms with Crippen molar-refractivity contribution in [1.82, 2.24) is 15.4 Å². The van der Waals surface area contributed by atoms with Crippen LogP contribution in [0.2, 0.25) is 0 Å². The number of nitrogens with one attached hydrogen (secondary N) is 1. The van der Waals surface area contributed by atoms with E-state index in [2.05, 4.69) is 10.5 Å². The van der Waals surface area contributed by atoms with E-state index in [-0.39, 0.29) is 24.4 Å². The molecule has 0 saturated carbocycles. The summed E-state index contributed by atoms with van der Waals surface area (Å²) in [6.45, 7) is 6.21. The van der Waals surface area contributed by atoms with Gasteiger partial charge in [0, 0.05) is 31.7 Å². The van der Waals surface area contributed by atoms with E-state index in [9.17, 15) is 4.79 Å². The van der Waals surface area contributed by atoms with Crippen molar-refractivity contribution < 1.29 is 9.32 Å². The molecule has 1 N–H and O–H groups in total. The molecule has 0 spiro atoms. The molecule has 1 aromatic rings. The summed E-state index contributed by atoms with van der Waals surface area (Å²) in [7, 11) is 0. The summed E-state index contributed by atoms with van der Waals surface area (Å²) in [5.41, 5.74) is 0.404. The Kier molecular flexibility index (Phi) is 4.32. The van der Waals surface area contributed by atoms with E-state index in [1.807, 2.05) is 11.8 Å². The molecule has 1 amide bonds. The number of rotatable bonds is 1. The van der Waals surface area contributed by atoms with Crippen LogP contribution in [0, 0.1) is 6.92 Å². The summed E-state index contributed by atoms with van der Waals surface area (Å²) in [6.07, 6.45) is 0. The molecule has 1 aliphatic heterocycles. The van der Waals surface area contributed by atoms with Gasteiger partial charge in [0.05, 0.1) is 0 Å². The number of hydrogen-bond donors (Lipinski definition) is 1. The fourth-order valence-corrected chi connectivity index (χ4v) is 1.76. The lowest BCUT2D eigenvalue weighted by Crippen LogP contribution is -2.52. The number of carbonyl (C=O) groups is 1. The van der Waals surface area contributed by atoms with E-state index in [0.717, 1.165) is 19.6 Å². The topological polar surface area (TPSA) is 58.4 Å². The van der Waals surface area contributed by atoms with Gasteiger partial charge in [0.1, 0.15) is 5.76 Å². The molecule has 2 rings (SSSR count). The summed E-state index contributed by atoms with van der Waals surface area (Å²) in [5, 5.41) is 6.98. The summed E-state index contributed by atoms with van der Waals surface area (Å²) >= 11 is 0. The summed E-state index contributed by atoms with van der Waals surface area (Å²) in [5.74, 6) is 0.627. The van der Waals surface area contributed by atoms with Crippen LogP contribution in [0.3, 0.4) is 0 Å². The van der Waals surface area contributed by atoms with Crippen molar-refractivity contribution in [3.63, 3.8) is 0 Å². The van der Waals surface area contributed by atoms with Crippen molar-refractivity contribution in [1.29, 1.82) is 0 Å². The van der Waals surface area contributed by atoms with Crippen LogP contribution in [-0.4, -0.2) is 41.6 Å². The number of aryl methyl sites for hydroxylation is 1. The van der Waals surface area contributed by atoms with E-state index in [1.165, 1.54) is 0 Å². The van der Waals surface area contributed by atoms with Crippen LogP contribution in [0.1, 0.15) is 23.2 Å². The Hall–Kier alpha value is -1.07. The average Bonchev–Trinajstić information content (AvgIpc) is 2.65. The van der Waals surface area contributed by atoms with E-state index in [1.54, 1.807) is 13.0 Å². The second-order valence-corrected chi connectivity index (χ2v) is 3.87. The van der Waals surface area contributed by atoms with Gasteiger partial charge in [-0.15, -0.1) is 12.4 Å². The molecule has 1 saturated heterocycles. The lowest BCUT2D eigenvalue weighted by atomic mass is 10.2. The van der Waals surface area contributed by atoms with Crippen molar-refractivity contribution in [2.45, 2.75) is 19.9 Å². The minimum Gasteiger partial charge on any atom is -0.361 e. The normalized spacial score (nSPS) is 20.4. The van der Waals surface area contributed by atoms with E-state index in [0.29, 0.717) is 11.5 Å². The predicted octanol–water partition coefficient (Wildman–Crippen LogP) is 0.839. The highest BCUT2D eigenvalue weighted by molar-refractivity contribution is 5.92. The molecular weight excluding hydrogens is 230 g/mol. The number of amides is 1. The fraction of sp³-hybridized carbons (Fsp3) is 0.600. The SMILES string of the molecule is Cc1cc(C(=O)N2CCNC[C@@H]2C)no1.Cl. The van der Waals surface area contributed by atoms with Crippen molar-refractivity contribution in [2.75, 3.05) is 19.6 Å². The lowest BCUT2D eigenvalue weighted by molar-refractivity contribution is 0.0645. The Bertz CT molecular complexity index is 367. The molecule has 16 heavy (non-hydrogen) atoms. The lowest BCUT2D eigenvalue weighted by Gasteiger charge is -2.33. The average molecular weight is 246 g/mol. The Morgan fingerprint density at radius 1 is 1.69 bits per heavy atom. The maximum absolute atomic E-state index is 12.0. The summed E-state index contributed by atoms with van der Waals surface area (Å²) < 4.78 is 4.90. The van der Waals surface area contributed by atoms with Gasteiger partial charge in [0.15, 0.2) is 5.69 Å². The number of aromatic nitrogens is 1. The molecule has 5 nitrogen and oxygen atoms in total. The zero-order valence-corrected chi connectivity index (χ0v) is 10.2. The van der Waals surface area contributed by atoms with Crippen molar-refractivity contribution in [2.24, 2.45) is 0 Å². The van der Waals surface area contributed by atoms with Gasteiger partial charge in [0.25, 0.3) is 5.91 Å². The monoisotopic (exact) mass is 245 g/mol. The number of piperazine rings is 1. The van der Waals surface area contributed by atoms with Gasteiger partial charge in [-0.25, -0.2) is 0 Å². The van der Waals surface area contributed by atoms with Gasteiger partial charge in [-0.3, -0.25) is 4.79 Å². The van der Waals surface area contributed by atoms with Crippen molar-refractivity contribution >= 4 is 18.3 Å². The molecule has 6 heteroatoms. The smallest absolute Gasteiger partial charge is 0.276 e. The van der Waals surface area contributed by atoms with Crippen LogP contribution in [0.5, 0.6) is 0 Å². The maximum atomic E-state index is 12.0. The van der Waals surface area contributed by atoms with Crippen LogP contribution in [0.25, 0.3) is 0 Å². The minimum atomic E-state index is -0.0409. The molecule has 90 valence electrons. The highest BCUT2D eigenvalue weighted by Gasteiger charge is 2.25. The van der Waals surface area contributed by atoms with Crippen LogP contribution in [0.15, 0.2) is 10.6 Å². The molecule has 0 bridgehead atoms. The Balaban J connectivity index is 0.00000128. The molecule has 1 aliphatic rings. The number of halogens is 1. The standard InChI is InChI=1S/C10H15N3O2.ClH/c1-7-6-11-3-4-13(7)10(14)9-5-8(2)15-12-9;/h5,7,11H,3-4,6H2,1-2H3;1H/t7-;/m0./s1. The van der Waals surface area contributed by atoms with Gasteiger partial charge < -0.3 is 14.7 Å².